The molecule has 0 aromatic heterocycles. The number of amides is 2. The monoisotopic (exact) mass is 487 g/mol. The van der Waals surface area contributed by atoms with Crippen LogP contribution in [0.4, 0.5) is 11.4 Å². The Kier molecular flexibility index (Phi) is 8.51. The fraction of sp³-hybridized carbons (Fsp3) is 0.417. The molecule has 1 aliphatic heterocycles. The van der Waals surface area contributed by atoms with E-state index in [9.17, 15) is 18.0 Å². The van der Waals surface area contributed by atoms with Gasteiger partial charge in [0.1, 0.15) is 0 Å². The van der Waals surface area contributed by atoms with Crippen LogP contribution in [-0.2, 0) is 14.8 Å². The van der Waals surface area contributed by atoms with Gasteiger partial charge in [-0.05, 0) is 43.7 Å². The van der Waals surface area contributed by atoms with Gasteiger partial charge in [0.25, 0.3) is 15.9 Å². The largest absolute Gasteiger partial charge is 0.367 e. The fourth-order valence-corrected chi connectivity index (χ4v) is 4.75. The average molecular weight is 488 g/mol. The standard InChI is InChI=1S/C24H33N5O4S/c1-4-11-26-23(30)17-28(3)24(31)19-7-10-22(29-14-12-25-13-15-29)21(16-19)27-34(32,33)20-8-5-18(2)6-9-20/h5-10,16,25,27H,4,11-15,17H2,1-3H3,(H,26,30). The topological polar surface area (TPSA) is 111 Å². The van der Waals surface area contributed by atoms with E-state index in [1.165, 1.54) is 4.90 Å². The number of aryl methyl sites for hydroxylation is 1. The van der Waals surface area contributed by atoms with Gasteiger partial charge in [-0.3, -0.25) is 14.3 Å². The van der Waals surface area contributed by atoms with Crippen LogP contribution >= 0.6 is 0 Å². The average Bonchev–Trinajstić information content (AvgIpc) is 2.82. The van der Waals surface area contributed by atoms with Crippen LogP contribution in [0.1, 0.15) is 29.3 Å². The van der Waals surface area contributed by atoms with Crippen LogP contribution in [0.25, 0.3) is 0 Å². The molecule has 3 rings (SSSR count). The quantitative estimate of drug-likeness (QED) is 0.498. The summed E-state index contributed by atoms with van der Waals surface area (Å²) in [6.07, 6.45) is 0.807. The summed E-state index contributed by atoms with van der Waals surface area (Å²) in [7, 11) is -2.31. The van der Waals surface area contributed by atoms with E-state index < -0.39 is 10.0 Å². The van der Waals surface area contributed by atoms with Crippen molar-refractivity contribution in [2.75, 3.05) is 55.9 Å². The number of hydrogen-bond donors (Lipinski definition) is 3. The molecule has 9 nitrogen and oxygen atoms in total. The third kappa shape index (κ3) is 6.48. The van der Waals surface area contributed by atoms with Gasteiger partial charge < -0.3 is 20.4 Å². The molecule has 2 amide bonds. The zero-order chi connectivity index (χ0) is 24.7. The Hall–Kier alpha value is -3.11. The zero-order valence-electron chi connectivity index (χ0n) is 19.9. The van der Waals surface area contributed by atoms with E-state index in [-0.39, 0.29) is 23.3 Å². The molecule has 0 aliphatic carbocycles. The lowest BCUT2D eigenvalue weighted by Crippen LogP contribution is -2.44. The van der Waals surface area contributed by atoms with E-state index >= 15 is 0 Å². The van der Waals surface area contributed by atoms with Crippen molar-refractivity contribution in [1.82, 2.24) is 15.5 Å². The molecule has 0 saturated carbocycles. The molecule has 0 atom stereocenters. The summed E-state index contributed by atoms with van der Waals surface area (Å²) in [5.74, 6) is -0.607. The van der Waals surface area contributed by atoms with E-state index in [0.29, 0.717) is 36.6 Å². The number of anilines is 2. The number of rotatable bonds is 9. The van der Waals surface area contributed by atoms with Gasteiger partial charge in [-0.1, -0.05) is 24.6 Å². The lowest BCUT2D eigenvalue weighted by atomic mass is 10.1. The van der Waals surface area contributed by atoms with E-state index in [2.05, 4.69) is 20.3 Å². The first-order valence-corrected chi connectivity index (χ1v) is 12.9. The van der Waals surface area contributed by atoms with Crippen molar-refractivity contribution in [3.8, 4) is 0 Å². The Morgan fingerprint density at radius 1 is 1.09 bits per heavy atom. The number of nitrogens with one attached hydrogen (secondary N) is 3. The highest BCUT2D eigenvalue weighted by Gasteiger charge is 2.23. The van der Waals surface area contributed by atoms with E-state index in [4.69, 9.17) is 0 Å². The van der Waals surface area contributed by atoms with E-state index in [0.717, 1.165) is 25.1 Å². The molecule has 184 valence electrons. The van der Waals surface area contributed by atoms with Crippen molar-refractivity contribution in [1.29, 1.82) is 0 Å². The van der Waals surface area contributed by atoms with Gasteiger partial charge >= 0.3 is 0 Å². The second-order valence-corrected chi connectivity index (χ2v) is 10.1. The minimum absolute atomic E-state index is 0.0805. The Morgan fingerprint density at radius 2 is 1.76 bits per heavy atom. The van der Waals surface area contributed by atoms with Crippen LogP contribution in [-0.4, -0.2) is 71.4 Å². The van der Waals surface area contributed by atoms with Crippen LogP contribution < -0.4 is 20.3 Å². The summed E-state index contributed by atoms with van der Waals surface area (Å²) < 4.78 is 28.9. The summed E-state index contributed by atoms with van der Waals surface area (Å²) in [5.41, 5.74) is 2.29. The zero-order valence-corrected chi connectivity index (χ0v) is 20.7. The van der Waals surface area contributed by atoms with Gasteiger partial charge in [0.15, 0.2) is 0 Å². The predicted molar refractivity (Wildman–Crippen MR) is 134 cm³/mol. The summed E-state index contributed by atoms with van der Waals surface area (Å²) in [5, 5.41) is 6.03. The first-order valence-electron chi connectivity index (χ1n) is 11.4. The molecule has 2 aromatic carbocycles. The van der Waals surface area contributed by atoms with Gasteiger partial charge in [0.2, 0.25) is 5.91 Å². The molecule has 1 aliphatic rings. The Morgan fingerprint density at radius 3 is 2.41 bits per heavy atom. The minimum atomic E-state index is -3.86. The molecule has 0 spiro atoms. The summed E-state index contributed by atoms with van der Waals surface area (Å²) >= 11 is 0. The van der Waals surface area contributed by atoms with Crippen LogP contribution in [0.5, 0.6) is 0 Å². The molecule has 2 aromatic rings. The molecular weight excluding hydrogens is 454 g/mol. The molecule has 3 N–H and O–H groups in total. The van der Waals surface area contributed by atoms with Crippen molar-refractivity contribution < 1.29 is 18.0 Å². The second kappa shape index (κ2) is 11.3. The van der Waals surface area contributed by atoms with Gasteiger partial charge in [-0.15, -0.1) is 0 Å². The van der Waals surface area contributed by atoms with Crippen LogP contribution in [0.15, 0.2) is 47.4 Å². The van der Waals surface area contributed by atoms with Crippen molar-refractivity contribution >= 4 is 33.2 Å². The second-order valence-electron chi connectivity index (χ2n) is 8.40. The first-order chi connectivity index (χ1) is 16.2. The normalized spacial score (nSPS) is 13.9. The number of carbonyl (C=O) groups is 2. The molecule has 1 fully saturated rings. The number of likely N-dealkylation sites (N-methyl/N-ethyl adjacent to an activating group) is 1. The van der Waals surface area contributed by atoms with Gasteiger partial charge in [-0.2, -0.15) is 0 Å². The number of benzene rings is 2. The number of hydrogen-bond acceptors (Lipinski definition) is 6. The third-order valence-corrected chi connectivity index (χ3v) is 6.96. The lowest BCUT2D eigenvalue weighted by molar-refractivity contribution is -0.121. The van der Waals surface area contributed by atoms with Gasteiger partial charge in [0, 0.05) is 45.3 Å². The third-order valence-electron chi connectivity index (χ3n) is 5.58. The molecular formula is C24H33N5O4S. The highest BCUT2D eigenvalue weighted by molar-refractivity contribution is 7.92. The maximum Gasteiger partial charge on any atom is 0.261 e. The Labute approximate surface area is 201 Å². The maximum atomic E-state index is 13.1. The first kappa shape index (κ1) is 25.5. The molecule has 1 saturated heterocycles. The summed E-state index contributed by atoms with van der Waals surface area (Å²) in [6.45, 7) is 7.29. The van der Waals surface area contributed by atoms with Gasteiger partial charge in [-0.25, -0.2) is 8.42 Å². The predicted octanol–water partition coefficient (Wildman–Crippen LogP) is 1.80. The maximum absolute atomic E-state index is 13.1. The molecule has 0 radical (unpaired) electrons. The molecule has 0 bridgehead atoms. The van der Waals surface area contributed by atoms with Crippen molar-refractivity contribution in [2.45, 2.75) is 25.2 Å². The highest BCUT2D eigenvalue weighted by Crippen LogP contribution is 2.30. The molecule has 10 heteroatoms. The summed E-state index contributed by atoms with van der Waals surface area (Å²) in [4.78, 5) is 28.6. The van der Waals surface area contributed by atoms with E-state index in [1.807, 2.05) is 13.8 Å². The molecule has 34 heavy (non-hydrogen) atoms. The van der Waals surface area contributed by atoms with Gasteiger partial charge in [0.05, 0.1) is 22.8 Å². The van der Waals surface area contributed by atoms with Crippen LogP contribution in [0.2, 0.25) is 0 Å². The van der Waals surface area contributed by atoms with Crippen molar-refractivity contribution in [2.24, 2.45) is 0 Å². The smallest absolute Gasteiger partial charge is 0.261 e. The van der Waals surface area contributed by atoms with Crippen molar-refractivity contribution in [3.63, 3.8) is 0 Å². The fourth-order valence-electron chi connectivity index (χ4n) is 3.68. The van der Waals surface area contributed by atoms with Crippen LogP contribution in [0, 0.1) is 6.92 Å². The van der Waals surface area contributed by atoms with E-state index in [1.54, 1.807) is 49.5 Å². The Balaban J connectivity index is 1.90. The summed E-state index contributed by atoms with van der Waals surface area (Å²) in [6, 6.07) is 11.6. The number of sulfonamides is 1. The SMILES string of the molecule is CCCNC(=O)CN(C)C(=O)c1ccc(N2CCNCC2)c(NS(=O)(=O)c2ccc(C)cc2)c1. The van der Waals surface area contributed by atoms with Crippen LogP contribution in [0.3, 0.4) is 0 Å². The molecule has 1 heterocycles. The lowest BCUT2D eigenvalue weighted by Gasteiger charge is -2.31. The van der Waals surface area contributed by atoms with Crippen molar-refractivity contribution in [3.05, 3.63) is 53.6 Å². The minimum Gasteiger partial charge on any atom is -0.367 e. The highest BCUT2D eigenvalue weighted by atomic mass is 32.2. The molecule has 0 unspecified atom stereocenters. The number of nitrogens with zero attached hydrogens (tertiary/aromatic N) is 2. The Bertz CT molecular complexity index is 1110. The number of piperazine rings is 1. The number of carbonyl (C=O) groups excluding carboxylic acids is 2.